The Kier molecular flexibility index (Phi) is 4.84. The molecule has 94 valence electrons. The average molecular weight is 250 g/mol. The van der Waals surface area contributed by atoms with Crippen LogP contribution >= 0.6 is 0 Å². The number of anilines is 1. The third-order valence-corrected chi connectivity index (χ3v) is 2.00. The number of hydrogen-bond donors (Lipinski definition) is 3. The lowest BCUT2D eigenvalue weighted by Gasteiger charge is -2.08. The Morgan fingerprint density at radius 1 is 1.44 bits per heavy atom. The fourth-order valence-electron chi connectivity index (χ4n) is 1.25. The number of carboxylic acid groups (broad SMARTS) is 1. The normalized spacial score (nSPS) is 9.56. The highest BCUT2D eigenvalue weighted by atomic mass is 19.1. The molecule has 0 radical (unpaired) electrons. The van der Waals surface area contributed by atoms with E-state index in [4.69, 9.17) is 11.5 Å². The van der Waals surface area contributed by atoms with Crippen molar-refractivity contribution in [3.05, 3.63) is 29.6 Å². The lowest BCUT2D eigenvalue weighted by atomic mass is 10.1. The van der Waals surface area contributed by atoms with Crippen LogP contribution in [0.15, 0.2) is 18.2 Å². The number of nitrogens with one attached hydrogen (secondary N) is 2. The summed E-state index contributed by atoms with van der Waals surface area (Å²) in [6.07, 6.45) is 4.98. The van der Waals surface area contributed by atoms with Crippen LogP contribution in [-0.2, 0) is 4.79 Å². The number of aromatic carboxylic acids is 1. The van der Waals surface area contributed by atoms with Gasteiger partial charge in [0.2, 0.25) is 5.91 Å². The van der Waals surface area contributed by atoms with E-state index in [1.165, 1.54) is 6.07 Å². The summed E-state index contributed by atoms with van der Waals surface area (Å²) in [6.45, 7) is 0.170. The quantitative estimate of drug-likeness (QED) is 0.530. The molecule has 1 aromatic carbocycles. The predicted molar refractivity (Wildman–Crippen MR) is 63.7 cm³/mol. The maximum Gasteiger partial charge on any atom is 0.337 e. The molecule has 6 heteroatoms. The van der Waals surface area contributed by atoms with Gasteiger partial charge < -0.3 is 10.4 Å². The van der Waals surface area contributed by atoms with E-state index < -0.39 is 17.7 Å². The van der Waals surface area contributed by atoms with Gasteiger partial charge in [-0.05, 0) is 18.2 Å². The van der Waals surface area contributed by atoms with E-state index >= 15 is 0 Å². The first kappa shape index (κ1) is 13.7. The highest BCUT2D eigenvalue weighted by Gasteiger charge is 2.13. The number of halogens is 1. The average Bonchev–Trinajstić information content (AvgIpc) is 2.31. The molecule has 0 aliphatic heterocycles. The zero-order chi connectivity index (χ0) is 13.5. The molecule has 0 fully saturated rings. The molecule has 0 aliphatic rings. The van der Waals surface area contributed by atoms with Gasteiger partial charge in [-0.1, -0.05) is 5.92 Å². The number of amides is 1. The van der Waals surface area contributed by atoms with Crippen molar-refractivity contribution in [1.29, 1.82) is 0 Å². The van der Waals surface area contributed by atoms with E-state index in [1.807, 2.05) is 0 Å². The zero-order valence-corrected chi connectivity index (χ0v) is 9.37. The molecule has 3 N–H and O–H groups in total. The number of terminal acetylenes is 1. The first-order valence-electron chi connectivity index (χ1n) is 5.01. The van der Waals surface area contributed by atoms with Gasteiger partial charge in [-0.25, -0.2) is 9.18 Å². The Labute approximate surface area is 103 Å². The smallest absolute Gasteiger partial charge is 0.337 e. The second-order valence-electron chi connectivity index (χ2n) is 3.35. The van der Waals surface area contributed by atoms with Crippen molar-refractivity contribution in [1.82, 2.24) is 5.32 Å². The minimum absolute atomic E-state index is 0.0383. The predicted octanol–water partition coefficient (Wildman–Crippen LogP) is 0.685. The van der Waals surface area contributed by atoms with Crippen LogP contribution in [0, 0.1) is 18.2 Å². The van der Waals surface area contributed by atoms with Gasteiger partial charge in [-0.2, -0.15) is 0 Å². The fourth-order valence-corrected chi connectivity index (χ4v) is 1.25. The summed E-state index contributed by atoms with van der Waals surface area (Å²) in [5.74, 6) is -0.172. The summed E-state index contributed by atoms with van der Waals surface area (Å²) in [7, 11) is 0. The van der Waals surface area contributed by atoms with Crippen LogP contribution in [0.1, 0.15) is 10.4 Å². The molecule has 0 aromatic heterocycles. The summed E-state index contributed by atoms with van der Waals surface area (Å²) in [4.78, 5) is 22.3. The van der Waals surface area contributed by atoms with Crippen molar-refractivity contribution in [2.45, 2.75) is 0 Å². The van der Waals surface area contributed by atoms with Crippen LogP contribution in [0.3, 0.4) is 0 Å². The summed E-state index contributed by atoms with van der Waals surface area (Å²) in [6, 6.07) is 3.10. The van der Waals surface area contributed by atoms with Crippen LogP contribution in [0.4, 0.5) is 10.1 Å². The SMILES string of the molecule is C#CCNCC(=O)Nc1ccc(F)cc1C(=O)O. The number of hydrogen-bond acceptors (Lipinski definition) is 3. The summed E-state index contributed by atoms with van der Waals surface area (Å²) < 4.78 is 12.9. The number of benzene rings is 1. The Hall–Kier alpha value is -2.39. The highest BCUT2D eigenvalue weighted by Crippen LogP contribution is 2.16. The van der Waals surface area contributed by atoms with Crippen molar-refractivity contribution in [3.63, 3.8) is 0 Å². The number of carboxylic acids is 1. The molecule has 0 saturated heterocycles. The standard InChI is InChI=1S/C12H11FN2O3/c1-2-5-14-7-11(16)15-10-4-3-8(13)6-9(10)12(17)18/h1,3-4,6,14H,5,7H2,(H,15,16)(H,17,18). The zero-order valence-electron chi connectivity index (χ0n) is 9.37. The topological polar surface area (TPSA) is 78.4 Å². The van der Waals surface area contributed by atoms with Gasteiger partial charge in [0.05, 0.1) is 24.3 Å². The first-order chi connectivity index (χ1) is 8.54. The second-order valence-corrected chi connectivity index (χ2v) is 3.35. The molecule has 0 bridgehead atoms. The monoisotopic (exact) mass is 250 g/mol. The van der Waals surface area contributed by atoms with Crippen molar-refractivity contribution >= 4 is 17.6 Å². The third-order valence-electron chi connectivity index (χ3n) is 2.00. The van der Waals surface area contributed by atoms with Crippen LogP contribution in [0.2, 0.25) is 0 Å². The minimum Gasteiger partial charge on any atom is -0.478 e. The van der Waals surface area contributed by atoms with Gasteiger partial charge >= 0.3 is 5.97 Å². The molecule has 1 aromatic rings. The van der Waals surface area contributed by atoms with Crippen LogP contribution in [0.5, 0.6) is 0 Å². The van der Waals surface area contributed by atoms with Crippen molar-refractivity contribution in [2.24, 2.45) is 0 Å². The molecule has 0 atom stereocenters. The fraction of sp³-hybridized carbons (Fsp3) is 0.167. The number of rotatable bonds is 5. The van der Waals surface area contributed by atoms with Gasteiger partial charge in [-0.3, -0.25) is 10.1 Å². The number of carbonyl (C=O) groups is 2. The Morgan fingerprint density at radius 2 is 2.17 bits per heavy atom. The van der Waals surface area contributed by atoms with Crippen LogP contribution < -0.4 is 10.6 Å². The maximum atomic E-state index is 12.9. The van der Waals surface area contributed by atoms with Crippen LogP contribution in [0.25, 0.3) is 0 Å². The van der Waals surface area contributed by atoms with Gasteiger partial charge in [0, 0.05) is 0 Å². The molecule has 1 amide bonds. The molecular weight excluding hydrogens is 239 g/mol. The Balaban J connectivity index is 2.75. The van der Waals surface area contributed by atoms with Gasteiger partial charge in [0.25, 0.3) is 0 Å². The third kappa shape index (κ3) is 3.88. The van der Waals surface area contributed by atoms with Gasteiger partial charge in [0.15, 0.2) is 0 Å². The van der Waals surface area contributed by atoms with E-state index in [2.05, 4.69) is 16.6 Å². The first-order valence-corrected chi connectivity index (χ1v) is 5.01. The largest absolute Gasteiger partial charge is 0.478 e. The Morgan fingerprint density at radius 3 is 2.78 bits per heavy atom. The molecule has 0 heterocycles. The molecule has 0 aliphatic carbocycles. The van der Waals surface area contributed by atoms with E-state index in [0.29, 0.717) is 0 Å². The highest BCUT2D eigenvalue weighted by molar-refractivity contribution is 6.01. The van der Waals surface area contributed by atoms with Crippen molar-refractivity contribution < 1.29 is 19.1 Å². The molecule has 5 nitrogen and oxygen atoms in total. The van der Waals surface area contributed by atoms with E-state index in [0.717, 1.165) is 12.1 Å². The van der Waals surface area contributed by atoms with Gasteiger partial charge in [0.1, 0.15) is 5.82 Å². The van der Waals surface area contributed by atoms with E-state index in [-0.39, 0.29) is 24.3 Å². The second kappa shape index (κ2) is 6.37. The molecule has 1 rings (SSSR count). The molecule has 18 heavy (non-hydrogen) atoms. The summed E-state index contributed by atoms with van der Waals surface area (Å²) in [5, 5.41) is 13.9. The van der Waals surface area contributed by atoms with Crippen LogP contribution in [-0.4, -0.2) is 30.1 Å². The molecule has 0 saturated carbocycles. The number of carbonyl (C=O) groups excluding carboxylic acids is 1. The maximum absolute atomic E-state index is 12.9. The van der Waals surface area contributed by atoms with E-state index in [9.17, 15) is 14.0 Å². The minimum atomic E-state index is -1.32. The summed E-state index contributed by atoms with van der Waals surface area (Å²) >= 11 is 0. The lowest BCUT2D eigenvalue weighted by molar-refractivity contribution is -0.115. The lowest BCUT2D eigenvalue weighted by Crippen LogP contribution is -2.28. The van der Waals surface area contributed by atoms with Gasteiger partial charge in [-0.15, -0.1) is 6.42 Å². The molecular formula is C12H11FN2O3. The van der Waals surface area contributed by atoms with Crippen molar-refractivity contribution in [2.75, 3.05) is 18.4 Å². The van der Waals surface area contributed by atoms with E-state index in [1.54, 1.807) is 0 Å². The molecule has 0 unspecified atom stereocenters. The Bertz CT molecular complexity index is 509. The molecule has 0 spiro atoms. The van der Waals surface area contributed by atoms with Crippen molar-refractivity contribution in [3.8, 4) is 12.3 Å². The summed E-state index contributed by atoms with van der Waals surface area (Å²) in [5.41, 5.74) is -0.267.